The van der Waals surface area contributed by atoms with E-state index in [1.807, 2.05) is 6.92 Å². The summed E-state index contributed by atoms with van der Waals surface area (Å²) in [5, 5.41) is 9.43. The summed E-state index contributed by atoms with van der Waals surface area (Å²) in [5.74, 6) is 0.202. The van der Waals surface area contributed by atoms with Crippen molar-refractivity contribution in [2.24, 2.45) is 0 Å². The molecule has 1 aromatic heterocycles. The summed E-state index contributed by atoms with van der Waals surface area (Å²) in [4.78, 5) is 19.1. The maximum Gasteiger partial charge on any atom is 0.335 e. The quantitative estimate of drug-likeness (QED) is 0.657. The van der Waals surface area contributed by atoms with Crippen LogP contribution >= 0.6 is 11.8 Å². The second-order valence-electron chi connectivity index (χ2n) is 4.01. The lowest BCUT2D eigenvalue weighted by Crippen LogP contribution is -1.97. The van der Waals surface area contributed by atoms with Crippen LogP contribution in [-0.2, 0) is 5.75 Å². The molecule has 5 nitrogen and oxygen atoms in total. The zero-order valence-corrected chi connectivity index (χ0v) is 11.1. The zero-order valence-electron chi connectivity index (χ0n) is 10.3. The third-order valence-corrected chi connectivity index (χ3v) is 3.34. The number of rotatable bonds is 4. The predicted molar refractivity (Wildman–Crippen MR) is 74.1 cm³/mol. The summed E-state index contributed by atoms with van der Waals surface area (Å²) in [6, 6.07) is 8.46. The van der Waals surface area contributed by atoms with Gasteiger partial charge in [-0.2, -0.15) is 0 Å². The minimum Gasteiger partial charge on any atom is -0.478 e. The first-order valence-corrected chi connectivity index (χ1v) is 6.59. The van der Waals surface area contributed by atoms with Crippen LogP contribution in [0.4, 0.5) is 5.82 Å². The Balaban J connectivity index is 2.03. The first-order valence-electron chi connectivity index (χ1n) is 5.61. The van der Waals surface area contributed by atoms with Crippen LogP contribution in [0, 0.1) is 6.92 Å². The van der Waals surface area contributed by atoms with Gasteiger partial charge in [-0.3, -0.25) is 0 Å². The van der Waals surface area contributed by atoms with Gasteiger partial charge >= 0.3 is 5.97 Å². The number of nitrogens with zero attached hydrogens (tertiary/aromatic N) is 2. The lowest BCUT2D eigenvalue weighted by molar-refractivity contribution is 0.0697. The molecule has 0 saturated heterocycles. The molecule has 0 spiro atoms. The van der Waals surface area contributed by atoms with E-state index in [1.54, 1.807) is 30.3 Å². The van der Waals surface area contributed by atoms with E-state index in [4.69, 9.17) is 10.8 Å². The van der Waals surface area contributed by atoms with Gasteiger partial charge in [0.2, 0.25) is 0 Å². The number of aromatic nitrogens is 2. The van der Waals surface area contributed by atoms with Crippen molar-refractivity contribution < 1.29 is 9.90 Å². The molecule has 98 valence electrons. The molecule has 3 N–H and O–H groups in total. The Hall–Kier alpha value is -2.08. The molecule has 6 heteroatoms. The number of nitrogens with two attached hydrogens (primary N) is 1. The Bertz CT molecular complexity index is 579. The Morgan fingerprint density at radius 2 is 2.00 bits per heavy atom. The third-order valence-electron chi connectivity index (χ3n) is 2.42. The summed E-state index contributed by atoms with van der Waals surface area (Å²) in [6.45, 7) is 1.86. The summed E-state index contributed by atoms with van der Waals surface area (Å²) < 4.78 is 0. The van der Waals surface area contributed by atoms with Crippen LogP contribution in [0.1, 0.15) is 21.6 Å². The van der Waals surface area contributed by atoms with Crippen molar-refractivity contribution in [3.8, 4) is 0 Å². The summed E-state index contributed by atoms with van der Waals surface area (Å²) in [7, 11) is 0. The Morgan fingerprint density at radius 3 is 2.58 bits per heavy atom. The fourth-order valence-corrected chi connectivity index (χ4v) is 2.39. The maximum absolute atomic E-state index is 10.7. The standard InChI is InChI=1S/C13H13N3O2S/c1-8-6-11(14)16-13(15-8)19-7-9-2-4-10(5-3-9)12(17)18/h2-6H,7H2,1H3,(H,17,18)(H2,14,15,16). The first-order chi connectivity index (χ1) is 9.04. The number of carbonyl (C=O) groups is 1. The first kappa shape index (κ1) is 13.4. The molecule has 1 aromatic carbocycles. The topological polar surface area (TPSA) is 89.1 Å². The number of benzene rings is 1. The largest absolute Gasteiger partial charge is 0.478 e. The Labute approximate surface area is 114 Å². The van der Waals surface area contributed by atoms with Crippen LogP contribution in [0.25, 0.3) is 0 Å². The highest BCUT2D eigenvalue weighted by Gasteiger charge is 2.04. The SMILES string of the molecule is Cc1cc(N)nc(SCc2ccc(C(=O)O)cc2)n1. The van der Waals surface area contributed by atoms with E-state index in [-0.39, 0.29) is 5.56 Å². The van der Waals surface area contributed by atoms with Crippen LogP contribution < -0.4 is 5.73 Å². The van der Waals surface area contributed by atoms with E-state index in [9.17, 15) is 4.79 Å². The van der Waals surface area contributed by atoms with Gasteiger partial charge in [-0.1, -0.05) is 23.9 Å². The number of carboxylic acids is 1. The molecule has 0 aliphatic rings. The van der Waals surface area contributed by atoms with E-state index in [0.717, 1.165) is 11.3 Å². The molecule has 1 heterocycles. The van der Waals surface area contributed by atoms with E-state index in [0.29, 0.717) is 16.7 Å². The lowest BCUT2D eigenvalue weighted by Gasteiger charge is -2.03. The number of hydrogen-bond acceptors (Lipinski definition) is 5. The monoisotopic (exact) mass is 275 g/mol. The van der Waals surface area contributed by atoms with Crippen molar-refractivity contribution in [1.82, 2.24) is 9.97 Å². The van der Waals surface area contributed by atoms with Crippen LogP contribution in [0.15, 0.2) is 35.5 Å². The molecule has 19 heavy (non-hydrogen) atoms. The van der Waals surface area contributed by atoms with Crippen molar-refractivity contribution in [2.45, 2.75) is 17.8 Å². The van der Waals surface area contributed by atoms with Crippen LogP contribution in [0.3, 0.4) is 0 Å². The van der Waals surface area contributed by atoms with Crippen molar-refractivity contribution in [2.75, 3.05) is 5.73 Å². The second kappa shape index (κ2) is 5.71. The minimum absolute atomic E-state index is 0.282. The van der Waals surface area contributed by atoms with E-state index >= 15 is 0 Å². The fraction of sp³-hybridized carbons (Fsp3) is 0.154. The summed E-state index contributed by atoms with van der Waals surface area (Å²) in [5.41, 5.74) is 7.78. The van der Waals surface area contributed by atoms with Gasteiger partial charge in [0.05, 0.1) is 5.56 Å². The highest BCUT2D eigenvalue weighted by molar-refractivity contribution is 7.98. The van der Waals surface area contributed by atoms with Gasteiger partial charge in [-0.05, 0) is 24.6 Å². The molecule has 2 rings (SSSR count). The molecule has 0 amide bonds. The molecule has 0 saturated carbocycles. The number of thioether (sulfide) groups is 1. The van der Waals surface area contributed by atoms with Gasteiger partial charge in [0, 0.05) is 17.5 Å². The van der Waals surface area contributed by atoms with Gasteiger partial charge in [-0.15, -0.1) is 0 Å². The highest BCUT2D eigenvalue weighted by Crippen LogP contribution is 2.20. The van der Waals surface area contributed by atoms with E-state index in [1.165, 1.54) is 11.8 Å². The van der Waals surface area contributed by atoms with Crippen LogP contribution in [-0.4, -0.2) is 21.0 Å². The third kappa shape index (κ3) is 3.69. The zero-order chi connectivity index (χ0) is 13.8. The van der Waals surface area contributed by atoms with Gasteiger partial charge in [0.15, 0.2) is 5.16 Å². The number of hydrogen-bond donors (Lipinski definition) is 2. The summed E-state index contributed by atoms with van der Waals surface area (Å²) >= 11 is 1.47. The molecular formula is C13H13N3O2S. The molecule has 0 bridgehead atoms. The Morgan fingerprint density at radius 1 is 1.32 bits per heavy atom. The average Bonchev–Trinajstić information content (AvgIpc) is 2.36. The highest BCUT2D eigenvalue weighted by atomic mass is 32.2. The van der Waals surface area contributed by atoms with Crippen molar-refractivity contribution in [3.63, 3.8) is 0 Å². The molecule has 2 aromatic rings. The second-order valence-corrected chi connectivity index (χ2v) is 4.95. The number of aryl methyl sites for hydroxylation is 1. The van der Waals surface area contributed by atoms with Gasteiger partial charge in [-0.25, -0.2) is 14.8 Å². The molecule has 0 aliphatic carbocycles. The predicted octanol–water partition coefficient (Wildman–Crippen LogP) is 2.36. The number of anilines is 1. The van der Waals surface area contributed by atoms with Crippen molar-refractivity contribution in [3.05, 3.63) is 47.2 Å². The number of nitrogen functional groups attached to an aromatic ring is 1. The Kier molecular flexibility index (Phi) is 4.01. The van der Waals surface area contributed by atoms with E-state index < -0.39 is 5.97 Å². The lowest BCUT2D eigenvalue weighted by atomic mass is 10.1. The fourth-order valence-electron chi connectivity index (χ4n) is 1.52. The number of carboxylic acid groups (broad SMARTS) is 1. The van der Waals surface area contributed by atoms with E-state index in [2.05, 4.69) is 9.97 Å². The molecule has 0 fully saturated rings. The molecule has 0 unspecified atom stereocenters. The smallest absolute Gasteiger partial charge is 0.335 e. The van der Waals surface area contributed by atoms with Gasteiger partial charge in [0.1, 0.15) is 5.82 Å². The normalized spacial score (nSPS) is 10.4. The average molecular weight is 275 g/mol. The molecular weight excluding hydrogens is 262 g/mol. The van der Waals surface area contributed by atoms with Gasteiger partial charge in [0.25, 0.3) is 0 Å². The maximum atomic E-state index is 10.7. The molecule has 0 aliphatic heterocycles. The van der Waals surface area contributed by atoms with Gasteiger partial charge < -0.3 is 10.8 Å². The minimum atomic E-state index is -0.922. The molecule has 0 radical (unpaired) electrons. The van der Waals surface area contributed by atoms with Crippen LogP contribution in [0.5, 0.6) is 0 Å². The summed E-state index contributed by atoms with van der Waals surface area (Å²) in [6.07, 6.45) is 0. The van der Waals surface area contributed by atoms with Crippen molar-refractivity contribution >= 4 is 23.5 Å². The number of aromatic carboxylic acids is 1. The molecule has 0 atom stereocenters. The van der Waals surface area contributed by atoms with Crippen LogP contribution in [0.2, 0.25) is 0 Å². The van der Waals surface area contributed by atoms with Crippen molar-refractivity contribution in [1.29, 1.82) is 0 Å².